The van der Waals surface area contributed by atoms with E-state index in [9.17, 15) is 4.79 Å². The normalized spacial score (nSPS) is 10.3. The molecular formula is C18H15NOS. The van der Waals surface area contributed by atoms with Crippen molar-refractivity contribution in [3.63, 3.8) is 0 Å². The first-order valence-corrected chi connectivity index (χ1v) is 7.58. The summed E-state index contributed by atoms with van der Waals surface area (Å²) in [6, 6.07) is 21.5. The Kier molecular flexibility index (Phi) is 3.84. The number of carbonyl (C=O) groups excluding carboxylic acids is 1. The van der Waals surface area contributed by atoms with Crippen molar-refractivity contribution in [3.05, 3.63) is 77.2 Å². The number of thiophene rings is 1. The van der Waals surface area contributed by atoms with Gasteiger partial charge in [0.25, 0.3) is 0 Å². The van der Waals surface area contributed by atoms with Gasteiger partial charge in [-0.15, -0.1) is 11.3 Å². The third-order valence-electron chi connectivity index (χ3n) is 3.30. The molecule has 0 spiro atoms. The summed E-state index contributed by atoms with van der Waals surface area (Å²) in [5.74, 6) is 0.0688. The molecule has 0 unspecified atom stereocenters. The van der Waals surface area contributed by atoms with Crippen molar-refractivity contribution < 1.29 is 4.79 Å². The molecule has 0 fully saturated rings. The summed E-state index contributed by atoms with van der Waals surface area (Å²) in [6.07, 6.45) is 0. The molecule has 21 heavy (non-hydrogen) atoms. The van der Waals surface area contributed by atoms with Gasteiger partial charge >= 0.3 is 0 Å². The Morgan fingerprint density at radius 1 is 0.952 bits per heavy atom. The number of hydrogen-bond acceptors (Lipinski definition) is 3. The second-order valence-corrected chi connectivity index (χ2v) is 5.72. The first kappa shape index (κ1) is 13.6. The van der Waals surface area contributed by atoms with E-state index in [2.05, 4.69) is 17.4 Å². The van der Waals surface area contributed by atoms with Gasteiger partial charge in [0.1, 0.15) is 0 Å². The number of benzene rings is 2. The molecule has 3 rings (SSSR count). The largest absolute Gasteiger partial charge is 0.379 e. The number of rotatable bonds is 4. The van der Waals surface area contributed by atoms with E-state index in [0.717, 1.165) is 26.6 Å². The molecule has 1 aromatic heterocycles. The quantitative estimate of drug-likeness (QED) is 0.707. The topological polar surface area (TPSA) is 29.1 Å². The first-order valence-electron chi connectivity index (χ1n) is 6.76. The smallest absolute Gasteiger partial charge is 0.203 e. The second-order valence-electron chi connectivity index (χ2n) is 4.66. The highest BCUT2D eigenvalue weighted by atomic mass is 32.1. The molecule has 2 aromatic carbocycles. The molecule has 1 heterocycles. The van der Waals surface area contributed by atoms with E-state index in [4.69, 9.17) is 0 Å². The average Bonchev–Trinajstić information content (AvgIpc) is 3.00. The minimum Gasteiger partial charge on any atom is -0.379 e. The maximum absolute atomic E-state index is 12.5. The summed E-state index contributed by atoms with van der Waals surface area (Å²) in [7, 11) is 1.88. The first-order chi connectivity index (χ1) is 10.3. The number of ketones is 1. The fourth-order valence-corrected chi connectivity index (χ4v) is 3.25. The summed E-state index contributed by atoms with van der Waals surface area (Å²) >= 11 is 1.50. The molecule has 0 radical (unpaired) electrons. The molecule has 0 amide bonds. The van der Waals surface area contributed by atoms with Crippen LogP contribution in [0.15, 0.2) is 66.7 Å². The minimum atomic E-state index is 0.0688. The third-order valence-corrected chi connectivity index (χ3v) is 4.46. The molecule has 3 aromatic rings. The summed E-state index contributed by atoms with van der Waals surface area (Å²) < 4.78 is 0. The molecule has 104 valence electrons. The Hall–Kier alpha value is -2.39. The van der Waals surface area contributed by atoms with Crippen LogP contribution in [0.5, 0.6) is 0 Å². The SMILES string of the molecule is CNc1sc(C(=O)c2ccccc2)cc1-c1ccccc1. The average molecular weight is 293 g/mol. The number of nitrogens with one attached hydrogen (secondary N) is 1. The summed E-state index contributed by atoms with van der Waals surface area (Å²) in [5.41, 5.74) is 2.91. The van der Waals surface area contributed by atoms with Crippen LogP contribution in [0.25, 0.3) is 11.1 Å². The van der Waals surface area contributed by atoms with Crippen LogP contribution in [0.2, 0.25) is 0 Å². The van der Waals surface area contributed by atoms with Gasteiger partial charge in [-0.1, -0.05) is 60.7 Å². The maximum atomic E-state index is 12.5. The predicted octanol–water partition coefficient (Wildman–Crippen LogP) is 4.69. The zero-order valence-electron chi connectivity index (χ0n) is 11.7. The van der Waals surface area contributed by atoms with Gasteiger partial charge in [0, 0.05) is 18.2 Å². The van der Waals surface area contributed by atoms with Gasteiger partial charge < -0.3 is 5.32 Å². The lowest BCUT2D eigenvalue weighted by Gasteiger charge is -2.01. The number of anilines is 1. The lowest BCUT2D eigenvalue weighted by Crippen LogP contribution is -1.97. The van der Waals surface area contributed by atoms with Crippen LogP contribution in [0, 0.1) is 0 Å². The van der Waals surface area contributed by atoms with Crippen LogP contribution in [0.3, 0.4) is 0 Å². The Balaban J connectivity index is 2.02. The zero-order valence-corrected chi connectivity index (χ0v) is 12.5. The maximum Gasteiger partial charge on any atom is 0.203 e. The predicted molar refractivity (Wildman–Crippen MR) is 89.2 cm³/mol. The zero-order chi connectivity index (χ0) is 14.7. The van der Waals surface area contributed by atoms with Crippen LogP contribution in [-0.4, -0.2) is 12.8 Å². The van der Waals surface area contributed by atoms with E-state index in [-0.39, 0.29) is 5.78 Å². The monoisotopic (exact) mass is 293 g/mol. The summed E-state index contributed by atoms with van der Waals surface area (Å²) in [6.45, 7) is 0. The highest BCUT2D eigenvalue weighted by Gasteiger charge is 2.16. The summed E-state index contributed by atoms with van der Waals surface area (Å²) in [4.78, 5) is 13.3. The van der Waals surface area contributed by atoms with Crippen molar-refractivity contribution in [1.82, 2.24) is 0 Å². The second kappa shape index (κ2) is 5.94. The Morgan fingerprint density at radius 2 is 1.57 bits per heavy atom. The molecule has 0 aliphatic carbocycles. The fourth-order valence-electron chi connectivity index (χ4n) is 2.25. The van der Waals surface area contributed by atoms with Crippen LogP contribution in [0.4, 0.5) is 5.00 Å². The Bertz CT molecular complexity index is 747. The standard InChI is InChI=1S/C18H15NOS/c1-19-18-15(13-8-4-2-5-9-13)12-16(21-18)17(20)14-10-6-3-7-11-14/h2-12,19H,1H3. The van der Waals surface area contributed by atoms with Crippen LogP contribution in [-0.2, 0) is 0 Å². The molecule has 0 aliphatic heterocycles. The van der Waals surface area contributed by atoms with E-state index in [0.29, 0.717) is 0 Å². The van der Waals surface area contributed by atoms with Gasteiger partial charge in [-0.2, -0.15) is 0 Å². The van der Waals surface area contributed by atoms with Gasteiger partial charge in [-0.05, 0) is 11.6 Å². The van der Waals surface area contributed by atoms with Crippen molar-refractivity contribution in [1.29, 1.82) is 0 Å². The van der Waals surface area contributed by atoms with Crippen molar-refractivity contribution >= 4 is 22.1 Å². The van der Waals surface area contributed by atoms with Gasteiger partial charge in [0.15, 0.2) is 0 Å². The molecular weight excluding hydrogens is 278 g/mol. The molecule has 0 atom stereocenters. The molecule has 0 bridgehead atoms. The van der Waals surface area contributed by atoms with Crippen LogP contribution in [0.1, 0.15) is 15.2 Å². The van der Waals surface area contributed by atoms with E-state index in [1.54, 1.807) is 0 Å². The van der Waals surface area contributed by atoms with E-state index in [1.807, 2.05) is 61.6 Å². The molecule has 3 heteroatoms. The Morgan fingerprint density at radius 3 is 2.19 bits per heavy atom. The highest BCUT2D eigenvalue weighted by Crippen LogP contribution is 2.36. The Labute approximate surface area is 128 Å². The minimum absolute atomic E-state index is 0.0688. The van der Waals surface area contributed by atoms with Gasteiger partial charge in [0.2, 0.25) is 5.78 Å². The van der Waals surface area contributed by atoms with E-state index < -0.39 is 0 Å². The molecule has 0 saturated heterocycles. The number of carbonyl (C=O) groups is 1. The van der Waals surface area contributed by atoms with E-state index >= 15 is 0 Å². The highest BCUT2D eigenvalue weighted by molar-refractivity contribution is 7.18. The fraction of sp³-hybridized carbons (Fsp3) is 0.0556. The molecule has 0 aliphatic rings. The van der Waals surface area contributed by atoms with Gasteiger partial charge in [-0.3, -0.25) is 4.79 Å². The van der Waals surface area contributed by atoms with Crippen LogP contribution < -0.4 is 5.32 Å². The molecule has 0 saturated carbocycles. The van der Waals surface area contributed by atoms with Crippen molar-refractivity contribution in [2.45, 2.75) is 0 Å². The van der Waals surface area contributed by atoms with Crippen LogP contribution >= 0.6 is 11.3 Å². The van der Waals surface area contributed by atoms with Crippen molar-refractivity contribution in [2.75, 3.05) is 12.4 Å². The van der Waals surface area contributed by atoms with Crippen molar-refractivity contribution in [2.24, 2.45) is 0 Å². The lowest BCUT2D eigenvalue weighted by atomic mass is 10.1. The molecule has 2 nitrogen and oxygen atoms in total. The van der Waals surface area contributed by atoms with Gasteiger partial charge in [-0.25, -0.2) is 0 Å². The third kappa shape index (κ3) is 2.73. The van der Waals surface area contributed by atoms with Gasteiger partial charge in [0.05, 0.1) is 9.88 Å². The summed E-state index contributed by atoms with van der Waals surface area (Å²) in [5, 5.41) is 4.20. The number of hydrogen-bond donors (Lipinski definition) is 1. The lowest BCUT2D eigenvalue weighted by molar-refractivity contribution is 0.104. The van der Waals surface area contributed by atoms with Crippen molar-refractivity contribution in [3.8, 4) is 11.1 Å². The van der Waals surface area contributed by atoms with E-state index in [1.165, 1.54) is 11.3 Å². The molecule has 1 N–H and O–H groups in total.